The summed E-state index contributed by atoms with van der Waals surface area (Å²) >= 11 is 0. The van der Waals surface area contributed by atoms with Gasteiger partial charge in [-0.25, -0.2) is 4.98 Å². The van der Waals surface area contributed by atoms with E-state index in [1.165, 1.54) is 32.1 Å². The second-order valence-electron chi connectivity index (χ2n) is 6.22. The average molecular weight is 287 g/mol. The Kier molecular flexibility index (Phi) is 4.42. The number of carbonyl (C=O) groups is 1. The topological polar surface area (TPSA) is 45.2 Å². The second kappa shape index (κ2) is 6.46. The third-order valence-corrected chi connectivity index (χ3v) is 4.87. The molecule has 1 N–H and O–H groups in total. The summed E-state index contributed by atoms with van der Waals surface area (Å²) in [5.41, 5.74) is 0.725. The highest BCUT2D eigenvalue weighted by Gasteiger charge is 2.35. The van der Waals surface area contributed by atoms with E-state index in [0.717, 1.165) is 36.8 Å². The maximum absolute atomic E-state index is 12.8. The molecular formula is C17H25N3O. The largest absolute Gasteiger partial charge is 0.370 e. The average Bonchev–Trinajstić information content (AvgIpc) is 2.55. The number of fused-ring (bicyclic) bond motifs is 1. The van der Waals surface area contributed by atoms with Gasteiger partial charge in [-0.3, -0.25) is 4.79 Å². The number of carbonyl (C=O) groups excluding carboxylic acids is 1. The van der Waals surface area contributed by atoms with E-state index in [0.29, 0.717) is 6.04 Å². The molecule has 1 saturated heterocycles. The molecule has 0 unspecified atom stereocenters. The molecule has 0 spiro atoms. The van der Waals surface area contributed by atoms with Crippen LogP contribution in [-0.2, 0) is 0 Å². The molecule has 2 atom stereocenters. The van der Waals surface area contributed by atoms with Gasteiger partial charge in [-0.05, 0) is 50.7 Å². The first-order valence-corrected chi connectivity index (χ1v) is 8.30. The molecule has 4 nitrogen and oxygen atoms in total. The summed E-state index contributed by atoms with van der Waals surface area (Å²) < 4.78 is 0. The fourth-order valence-corrected chi connectivity index (χ4v) is 3.85. The first-order chi connectivity index (χ1) is 10.3. The number of piperidine rings is 1. The lowest BCUT2D eigenvalue weighted by Crippen LogP contribution is -2.49. The molecule has 1 aliphatic heterocycles. The van der Waals surface area contributed by atoms with Crippen LogP contribution in [-0.4, -0.2) is 34.9 Å². The summed E-state index contributed by atoms with van der Waals surface area (Å²) in [6, 6.07) is 4.27. The number of pyridine rings is 1. The monoisotopic (exact) mass is 287 g/mol. The van der Waals surface area contributed by atoms with Gasteiger partial charge in [0.25, 0.3) is 5.91 Å². The Labute approximate surface area is 126 Å². The van der Waals surface area contributed by atoms with Gasteiger partial charge < -0.3 is 10.2 Å². The van der Waals surface area contributed by atoms with E-state index in [2.05, 4.69) is 15.2 Å². The van der Waals surface area contributed by atoms with Gasteiger partial charge in [-0.2, -0.15) is 0 Å². The number of hydrogen-bond donors (Lipinski definition) is 1. The van der Waals surface area contributed by atoms with E-state index in [1.807, 2.05) is 19.1 Å². The van der Waals surface area contributed by atoms with E-state index >= 15 is 0 Å². The Hall–Kier alpha value is -1.58. The van der Waals surface area contributed by atoms with E-state index in [9.17, 15) is 4.79 Å². The molecule has 0 bridgehead atoms. The SMILES string of the molecule is CCNc1ccc(C(=O)N2CCC[C@H]3CCCC[C@H]32)cn1. The zero-order valence-corrected chi connectivity index (χ0v) is 12.8. The van der Waals surface area contributed by atoms with Crippen molar-refractivity contribution in [3.05, 3.63) is 23.9 Å². The molecule has 2 aliphatic rings. The molecule has 1 aromatic heterocycles. The summed E-state index contributed by atoms with van der Waals surface area (Å²) in [5, 5.41) is 3.16. The molecule has 4 heteroatoms. The summed E-state index contributed by atoms with van der Waals surface area (Å²) in [5.74, 6) is 1.73. The standard InChI is InChI=1S/C17H25N3O/c1-2-18-16-10-9-14(12-19-16)17(21)20-11-5-7-13-6-3-4-8-15(13)20/h9-10,12-13,15H,2-8,11H2,1H3,(H,18,19)/t13-,15-/m1/s1. The maximum atomic E-state index is 12.8. The van der Waals surface area contributed by atoms with Crippen LogP contribution in [0.3, 0.4) is 0 Å². The molecule has 2 heterocycles. The number of likely N-dealkylation sites (tertiary alicyclic amines) is 1. The Morgan fingerprint density at radius 1 is 1.29 bits per heavy atom. The van der Waals surface area contributed by atoms with Gasteiger partial charge in [0, 0.05) is 25.3 Å². The molecule has 21 heavy (non-hydrogen) atoms. The van der Waals surface area contributed by atoms with Crippen molar-refractivity contribution in [2.45, 2.75) is 51.5 Å². The molecule has 0 aromatic carbocycles. The molecule has 2 fully saturated rings. The molecule has 1 aliphatic carbocycles. The van der Waals surface area contributed by atoms with Crippen LogP contribution >= 0.6 is 0 Å². The molecule has 1 amide bonds. The smallest absolute Gasteiger partial charge is 0.255 e. The zero-order chi connectivity index (χ0) is 14.7. The van der Waals surface area contributed by atoms with Crippen LogP contribution in [0.25, 0.3) is 0 Å². The Bertz CT molecular complexity index is 483. The highest BCUT2D eigenvalue weighted by Crippen LogP contribution is 2.35. The zero-order valence-electron chi connectivity index (χ0n) is 12.8. The van der Waals surface area contributed by atoms with Gasteiger partial charge in [0.1, 0.15) is 5.82 Å². The normalized spacial score (nSPS) is 25.3. The maximum Gasteiger partial charge on any atom is 0.255 e. The van der Waals surface area contributed by atoms with Crippen LogP contribution in [0.15, 0.2) is 18.3 Å². The van der Waals surface area contributed by atoms with Gasteiger partial charge in [0.05, 0.1) is 5.56 Å². The van der Waals surface area contributed by atoms with E-state index < -0.39 is 0 Å². The number of nitrogens with zero attached hydrogens (tertiary/aromatic N) is 2. The predicted molar refractivity (Wildman–Crippen MR) is 84.4 cm³/mol. The number of rotatable bonds is 3. The Morgan fingerprint density at radius 2 is 2.10 bits per heavy atom. The number of amides is 1. The second-order valence-corrected chi connectivity index (χ2v) is 6.22. The van der Waals surface area contributed by atoms with E-state index in [1.54, 1.807) is 6.20 Å². The Morgan fingerprint density at radius 3 is 2.86 bits per heavy atom. The molecule has 1 aromatic rings. The lowest BCUT2D eigenvalue weighted by Gasteiger charge is -2.44. The molecule has 0 radical (unpaired) electrons. The quantitative estimate of drug-likeness (QED) is 0.927. The number of hydrogen-bond acceptors (Lipinski definition) is 3. The minimum Gasteiger partial charge on any atom is -0.370 e. The van der Waals surface area contributed by atoms with Crippen LogP contribution in [0.2, 0.25) is 0 Å². The first kappa shape index (κ1) is 14.4. The number of nitrogens with one attached hydrogen (secondary N) is 1. The van der Waals surface area contributed by atoms with Crippen molar-refractivity contribution in [3.8, 4) is 0 Å². The number of anilines is 1. The third-order valence-electron chi connectivity index (χ3n) is 4.87. The summed E-state index contributed by atoms with van der Waals surface area (Å²) in [6.07, 6.45) is 9.24. The summed E-state index contributed by atoms with van der Waals surface area (Å²) in [7, 11) is 0. The highest BCUT2D eigenvalue weighted by atomic mass is 16.2. The lowest BCUT2D eigenvalue weighted by atomic mass is 9.78. The van der Waals surface area contributed by atoms with Crippen molar-refractivity contribution >= 4 is 11.7 Å². The van der Waals surface area contributed by atoms with Gasteiger partial charge in [0.15, 0.2) is 0 Å². The van der Waals surface area contributed by atoms with Crippen LogP contribution in [0, 0.1) is 5.92 Å². The van der Waals surface area contributed by atoms with Crippen molar-refractivity contribution in [2.24, 2.45) is 5.92 Å². The summed E-state index contributed by atoms with van der Waals surface area (Å²) in [4.78, 5) is 19.2. The van der Waals surface area contributed by atoms with Crippen LogP contribution in [0.4, 0.5) is 5.82 Å². The molecular weight excluding hydrogens is 262 g/mol. The molecule has 3 rings (SSSR count). The first-order valence-electron chi connectivity index (χ1n) is 8.30. The van der Waals surface area contributed by atoms with Crippen molar-refractivity contribution < 1.29 is 4.79 Å². The van der Waals surface area contributed by atoms with Crippen molar-refractivity contribution in [1.29, 1.82) is 0 Å². The van der Waals surface area contributed by atoms with Crippen LogP contribution < -0.4 is 5.32 Å². The minimum atomic E-state index is 0.169. The van der Waals surface area contributed by atoms with Gasteiger partial charge in [-0.15, -0.1) is 0 Å². The van der Waals surface area contributed by atoms with Crippen molar-refractivity contribution in [3.63, 3.8) is 0 Å². The van der Waals surface area contributed by atoms with Crippen molar-refractivity contribution in [1.82, 2.24) is 9.88 Å². The number of aromatic nitrogens is 1. The van der Waals surface area contributed by atoms with Gasteiger partial charge >= 0.3 is 0 Å². The van der Waals surface area contributed by atoms with E-state index in [4.69, 9.17) is 0 Å². The van der Waals surface area contributed by atoms with Crippen LogP contribution in [0.5, 0.6) is 0 Å². The highest BCUT2D eigenvalue weighted by molar-refractivity contribution is 5.94. The van der Waals surface area contributed by atoms with Gasteiger partial charge in [0.2, 0.25) is 0 Å². The molecule has 114 valence electrons. The van der Waals surface area contributed by atoms with Gasteiger partial charge in [-0.1, -0.05) is 12.8 Å². The predicted octanol–water partition coefficient (Wildman–Crippen LogP) is 3.31. The minimum absolute atomic E-state index is 0.169. The fraction of sp³-hybridized carbons (Fsp3) is 0.647. The summed E-state index contributed by atoms with van der Waals surface area (Å²) in [6.45, 7) is 3.79. The lowest BCUT2D eigenvalue weighted by molar-refractivity contribution is 0.0390. The Balaban J connectivity index is 1.73. The van der Waals surface area contributed by atoms with E-state index in [-0.39, 0.29) is 5.91 Å². The van der Waals surface area contributed by atoms with Crippen molar-refractivity contribution in [2.75, 3.05) is 18.4 Å². The van der Waals surface area contributed by atoms with Crippen LogP contribution in [0.1, 0.15) is 55.8 Å². The fourth-order valence-electron chi connectivity index (χ4n) is 3.85. The third kappa shape index (κ3) is 3.04. The molecule has 1 saturated carbocycles.